The zero-order chi connectivity index (χ0) is 20.3. The first-order valence-electron chi connectivity index (χ1n) is 8.99. The van der Waals surface area contributed by atoms with Crippen molar-refractivity contribution in [3.8, 4) is 5.75 Å². The molecule has 0 fully saturated rings. The second kappa shape index (κ2) is 8.02. The summed E-state index contributed by atoms with van der Waals surface area (Å²) in [6.07, 6.45) is 0.658. The van der Waals surface area contributed by atoms with Gasteiger partial charge in [-0.25, -0.2) is 8.42 Å². The van der Waals surface area contributed by atoms with Gasteiger partial charge in [0.25, 0.3) is 5.91 Å². The van der Waals surface area contributed by atoms with E-state index < -0.39 is 15.1 Å². The Morgan fingerprint density at radius 1 is 1.25 bits per heavy atom. The third-order valence-corrected chi connectivity index (χ3v) is 6.67. The van der Waals surface area contributed by atoms with Gasteiger partial charge in [0.2, 0.25) is 5.91 Å². The van der Waals surface area contributed by atoms with Gasteiger partial charge in [-0.1, -0.05) is 19.1 Å². The van der Waals surface area contributed by atoms with Crippen LogP contribution in [0.25, 0.3) is 0 Å². The Kier molecular flexibility index (Phi) is 5.69. The van der Waals surface area contributed by atoms with Crippen LogP contribution in [0.4, 0.5) is 11.4 Å². The number of sulfone groups is 1. The van der Waals surface area contributed by atoms with Crippen molar-refractivity contribution >= 4 is 33.0 Å². The predicted octanol–water partition coefficient (Wildman–Crippen LogP) is 2.77. The quantitative estimate of drug-likeness (QED) is 0.774. The number of carbonyl (C=O) groups is 2. The molecule has 0 aliphatic carbocycles. The maximum Gasteiger partial charge on any atom is 0.262 e. The van der Waals surface area contributed by atoms with Crippen LogP contribution in [0.1, 0.15) is 25.8 Å². The predicted molar refractivity (Wildman–Crippen MR) is 106 cm³/mol. The summed E-state index contributed by atoms with van der Waals surface area (Å²) in [6, 6.07) is 11.7. The summed E-state index contributed by atoms with van der Waals surface area (Å²) >= 11 is 0. The van der Waals surface area contributed by atoms with E-state index in [1.54, 1.807) is 6.07 Å². The maximum atomic E-state index is 12.9. The SMILES string of the molecule is CCc1cccc(NC(=O)C[C@@H](C)S(=O)(=O)c2ccc3c(c2)NC(=O)CO3)c1. The van der Waals surface area contributed by atoms with Crippen molar-refractivity contribution in [1.29, 1.82) is 0 Å². The number of anilines is 2. The molecule has 1 heterocycles. The number of benzene rings is 2. The van der Waals surface area contributed by atoms with Gasteiger partial charge in [-0.2, -0.15) is 0 Å². The fourth-order valence-electron chi connectivity index (χ4n) is 2.92. The second-order valence-corrected chi connectivity index (χ2v) is 9.02. The first-order valence-corrected chi connectivity index (χ1v) is 10.5. The standard InChI is InChI=1S/C20H22N2O5S/c1-3-14-5-4-6-15(10-14)21-19(23)9-13(2)28(25,26)16-7-8-18-17(11-16)22-20(24)12-27-18/h4-8,10-11,13H,3,9,12H2,1-2H3,(H,21,23)(H,22,24)/t13-/m1/s1. The number of nitrogens with one attached hydrogen (secondary N) is 2. The van der Waals surface area contributed by atoms with Gasteiger partial charge in [-0.05, 0) is 49.2 Å². The Morgan fingerprint density at radius 3 is 2.79 bits per heavy atom. The lowest BCUT2D eigenvalue weighted by Crippen LogP contribution is -2.27. The molecule has 2 aromatic rings. The summed E-state index contributed by atoms with van der Waals surface area (Å²) in [6.45, 7) is 3.41. The zero-order valence-corrected chi connectivity index (χ0v) is 16.5. The lowest BCUT2D eigenvalue weighted by atomic mass is 10.1. The maximum absolute atomic E-state index is 12.9. The van der Waals surface area contributed by atoms with E-state index in [0.29, 0.717) is 17.1 Å². The van der Waals surface area contributed by atoms with E-state index in [1.165, 1.54) is 25.1 Å². The summed E-state index contributed by atoms with van der Waals surface area (Å²) in [5.41, 5.74) is 2.03. The molecule has 2 aromatic carbocycles. The number of fused-ring (bicyclic) bond motifs is 1. The molecule has 7 nitrogen and oxygen atoms in total. The topological polar surface area (TPSA) is 102 Å². The molecule has 2 amide bonds. The van der Waals surface area contributed by atoms with Crippen LogP contribution in [-0.4, -0.2) is 32.1 Å². The average Bonchev–Trinajstić information content (AvgIpc) is 2.67. The fourth-order valence-corrected chi connectivity index (χ4v) is 4.30. The van der Waals surface area contributed by atoms with Gasteiger partial charge < -0.3 is 15.4 Å². The van der Waals surface area contributed by atoms with Gasteiger partial charge in [-0.3, -0.25) is 9.59 Å². The summed E-state index contributed by atoms with van der Waals surface area (Å²) in [5.74, 6) is -0.303. The van der Waals surface area contributed by atoms with Gasteiger partial charge in [0, 0.05) is 12.1 Å². The summed E-state index contributed by atoms with van der Waals surface area (Å²) in [5, 5.41) is 4.40. The Hall–Kier alpha value is -2.87. The van der Waals surface area contributed by atoms with Gasteiger partial charge in [0.05, 0.1) is 15.8 Å². The third-order valence-electron chi connectivity index (χ3n) is 4.53. The lowest BCUT2D eigenvalue weighted by molar-refractivity contribution is -0.118. The Bertz CT molecular complexity index is 1020. The van der Waals surface area contributed by atoms with E-state index in [0.717, 1.165) is 12.0 Å². The highest BCUT2D eigenvalue weighted by atomic mass is 32.2. The van der Waals surface area contributed by atoms with Crippen molar-refractivity contribution in [2.45, 2.75) is 36.8 Å². The Balaban J connectivity index is 1.72. The fraction of sp³-hybridized carbons (Fsp3) is 0.300. The Morgan fingerprint density at radius 2 is 2.04 bits per heavy atom. The number of hydrogen-bond donors (Lipinski definition) is 2. The summed E-state index contributed by atoms with van der Waals surface area (Å²) < 4.78 is 31.0. The minimum Gasteiger partial charge on any atom is -0.482 e. The lowest BCUT2D eigenvalue weighted by Gasteiger charge is -2.19. The number of carbonyl (C=O) groups excluding carboxylic acids is 2. The van der Waals surface area contributed by atoms with E-state index in [2.05, 4.69) is 10.6 Å². The summed E-state index contributed by atoms with van der Waals surface area (Å²) in [4.78, 5) is 23.8. The van der Waals surface area contributed by atoms with Crippen LogP contribution in [0.5, 0.6) is 5.75 Å². The third kappa shape index (κ3) is 4.33. The van der Waals surface area contributed by atoms with Crippen LogP contribution in [0.15, 0.2) is 47.4 Å². The van der Waals surface area contributed by atoms with Crippen molar-refractivity contribution < 1.29 is 22.7 Å². The van der Waals surface area contributed by atoms with Crippen molar-refractivity contribution in [3.05, 3.63) is 48.0 Å². The highest BCUT2D eigenvalue weighted by Gasteiger charge is 2.27. The normalized spacial score (nSPS) is 14.4. The number of amides is 2. The van der Waals surface area contributed by atoms with Crippen LogP contribution in [0.2, 0.25) is 0 Å². The molecule has 1 atom stereocenters. The van der Waals surface area contributed by atoms with Crippen molar-refractivity contribution in [2.75, 3.05) is 17.2 Å². The van der Waals surface area contributed by atoms with E-state index in [4.69, 9.17) is 4.74 Å². The van der Waals surface area contributed by atoms with Crippen molar-refractivity contribution in [1.82, 2.24) is 0 Å². The van der Waals surface area contributed by atoms with E-state index in [9.17, 15) is 18.0 Å². The van der Waals surface area contributed by atoms with Gasteiger partial charge in [0.1, 0.15) is 5.75 Å². The minimum atomic E-state index is -3.76. The molecule has 1 aliphatic rings. The molecule has 3 rings (SSSR count). The van der Waals surface area contributed by atoms with E-state index >= 15 is 0 Å². The van der Waals surface area contributed by atoms with Gasteiger partial charge in [-0.15, -0.1) is 0 Å². The molecule has 0 aromatic heterocycles. The van der Waals surface area contributed by atoms with Crippen LogP contribution in [0, 0.1) is 0 Å². The summed E-state index contributed by atoms with van der Waals surface area (Å²) in [7, 11) is -3.76. The molecule has 0 unspecified atom stereocenters. The van der Waals surface area contributed by atoms with Crippen LogP contribution in [0.3, 0.4) is 0 Å². The molecule has 28 heavy (non-hydrogen) atoms. The Labute approximate surface area is 164 Å². The molecule has 2 N–H and O–H groups in total. The minimum absolute atomic E-state index is 0.0327. The first kappa shape index (κ1) is 19.9. The molecule has 148 valence electrons. The molecular weight excluding hydrogens is 380 g/mol. The highest BCUT2D eigenvalue weighted by Crippen LogP contribution is 2.31. The average molecular weight is 402 g/mol. The molecular formula is C20H22N2O5S. The van der Waals surface area contributed by atoms with Crippen molar-refractivity contribution in [2.24, 2.45) is 0 Å². The number of hydrogen-bond acceptors (Lipinski definition) is 5. The van der Waals surface area contributed by atoms with Crippen LogP contribution in [-0.2, 0) is 25.8 Å². The smallest absolute Gasteiger partial charge is 0.262 e. The zero-order valence-electron chi connectivity index (χ0n) is 15.7. The highest BCUT2D eigenvalue weighted by molar-refractivity contribution is 7.92. The van der Waals surface area contributed by atoms with E-state index in [-0.39, 0.29) is 29.7 Å². The number of rotatable bonds is 6. The molecule has 1 aliphatic heterocycles. The monoisotopic (exact) mass is 402 g/mol. The first-order chi connectivity index (χ1) is 13.3. The molecule has 0 bridgehead atoms. The largest absolute Gasteiger partial charge is 0.482 e. The van der Waals surface area contributed by atoms with E-state index in [1.807, 2.05) is 25.1 Å². The van der Waals surface area contributed by atoms with Gasteiger partial charge >= 0.3 is 0 Å². The molecule has 0 spiro atoms. The number of aryl methyl sites for hydroxylation is 1. The van der Waals surface area contributed by atoms with Gasteiger partial charge in [0.15, 0.2) is 16.4 Å². The molecule has 0 saturated carbocycles. The molecule has 8 heteroatoms. The van der Waals surface area contributed by atoms with Crippen LogP contribution >= 0.6 is 0 Å². The van der Waals surface area contributed by atoms with Crippen molar-refractivity contribution in [3.63, 3.8) is 0 Å². The number of ether oxygens (including phenoxy) is 1. The molecule has 0 saturated heterocycles. The van der Waals surface area contributed by atoms with Crippen LogP contribution < -0.4 is 15.4 Å². The second-order valence-electron chi connectivity index (χ2n) is 6.66. The molecule has 0 radical (unpaired) electrons.